The van der Waals surface area contributed by atoms with Crippen molar-refractivity contribution in [1.29, 1.82) is 0 Å². The fourth-order valence-electron chi connectivity index (χ4n) is 4.01. The van der Waals surface area contributed by atoms with Gasteiger partial charge in [0.2, 0.25) is 5.91 Å². The molecule has 4 heteroatoms. The lowest BCUT2D eigenvalue weighted by Crippen LogP contribution is -2.44. The van der Waals surface area contributed by atoms with Crippen molar-refractivity contribution < 1.29 is 14.7 Å². The summed E-state index contributed by atoms with van der Waals surface area (Å²) in [7, 11) is 0. The van der Waals surface area contributed by atoms with Gasteiger partial charge in [-0.2, -0.15) is 0 Å². The highest BCUT2D eigenvalue weighted by molar-refractivity contribution is 5.80. The smallest absolute Gasteiger partial charge is 0.309 e. The number of hydrogen-bond donors (Lipinski definition) is 1. The molecule has 2 aliphatic carbocycles. The van der Waals surface area contributed by atoms with Gasteiger partial charge in [0.25, 0.3) is 0 Å². The maximum Gasteiger partial charge on any atom is 0.309 e. The quantitative estimate of drug-likeness (QED) is 0.851. The van der Waals surface area contributed by atoms with Gasteiger partial charge in [-0.05, 0) is 44.4 Å². The van der Waals surface area contributed by atoms with Gasteiger partial charge < -0.3 is 10.0 Å². The largest absolute Gasteiger partial charge is 0.481 e. The zero-order valence-electron chi connectivity index (χ0n) is 11.4. The first-order valence-electron chi connectivity index (χ1n) is 7.66. The van der Waals surface area contributed by atoms with E-state index in [1.165, 1.54) is 12.8 Å². The summed E-state index contributed by atoms with van der Waals surface area (Å²) in [6, 6.07) is 0. The molecule has 0 aromatic heterocycles. The molecule has 0 aromatic rings. The molecule has 1 saturated heterocycles. The lowest BCUT2D eigenvalue weighted by Gasteiger charge is -2.36. The molecule has 19 heavy (non-hydrogen) atoms. The number of amides is 1. The molecule has 0 spiro atoms. The predicted molar refractivity (Wildman–Crippen MR) is 70.6 cm³/mol. The van der Waals surface area contributed by atoms with Crippen molar-refractivity contribution in [2.45, 2.75) is 51.4 Å². The summed E-state index contributed by atoms with van der Waals surface area (Å²) in [5.74, 6) is 0.257. The highest BCUT2D eigenvalue weighted by Gasteiger charge is 2.56. The Morgan fingerprint density at radius 3 is 2.05 bits per heavy atom. The topological polar surface area (TPSA) is 57.6 Å². The van der Waals surface area contributed by atoms with Gasteiger partial charge in [0.05, 0.1) is 5.41 Å². The van der Waals surface area contributed by atoms with Crippen molar-refractivity contribution in [3.05, 3.63) is 0 Å². The van der Waals surface area contributed by atoms with E-state index in [-0.39, 0.29) is 11.8 Å². The van der Waals surface area contributed by atoms with Gasteiger partial charge >= 0.3 is 5.97 Å². The van der Waals surface area contributed by atoms with E-state index in [1.807, 2.05) is 4.90 Å². The maximum absolute atomic E-state index is 12.3. The Morgan fingerprint density at radius 2 is 1.58 bits per heavy atom. The van der Waals surface area contributed by atoms with Gasteiger partial charge in [0.15, 0.2) is 0 Å². The van der Waals surface area contributed by atoms with E-state index in [0.717, 1.165) is 51.6 Å². The van der Waals surface area contributed by atoms with E-state index in [1.54, 1.807) is 0 Å². The minimum Gasteiger partial charge on any atom is -0.481 e. The molecule has 0 aromatic carbocycles. The van der Waals surface area contributed by atoms with Crippen LogP contribution in [0.2, 0.25) is 0 Å². The minimum atomic E-state index is -0.618. The minimum absolute atomic E-state index is 0.255. The molecule has 0 radical (unpaired) electrons. The first-order valence-corrected chi connectivity index (χ1v) is 7.66. The molecule has 4 nitrogen and oxygen atoms in total. The number of piperidine rings is 1. The van der Waals surface area contributed by atoms with Gasteiger partial charge in [-0.25, -0.2) is 0 Å². The Morgan fingerprint density at radius 1 is 1.00 bits per heavy atom. The van der Waals surface area contributed by atoms with Crippen molar-refractivity contribution in [3.8, 4) is 0 Å². The van der Waals surface area contributed by atoms with Gasteiger partial charge in [0.1, 0.15) is 0 Å². The summed E-state index contributed by atoms with van der Waals surface area (Å²) in [5.41, 5.74) is -0.428. The number of carbonyl (C=O) groups is 2. The Kier molecular flexibility index (Phi) is 3.27. The van der Waals surface area contributed by atoms with Crippen LogP contribution in [-0.4, -0.2) is 35.0 Å². The van der Waals surface area contributed by atoms with E-state index in [2.05, 4.69) is 0 Å². The molecule has 106 valence electrons. The number of aliphatic carboxylic acids is 1. The summed E-state index contributed by atoms with van der Waals surface area (Å²) in [5, 5.41) is 9.32. The normalized spacial score (nSPS) is 27.5. The van der Waals surface area contributed by atoms with Gasteiger partial charge in [-0.15, -0.1) is 0 Å². The van der Waals surface area contributed by atoms with E-state index >= 15 is 0 Å². The number of rotatable bonds is 3. The van der Waals surface area contributed by atoms with Crippen LogP contribution in [0.15, 0.2) is 0 Å². The first-order chi connectivity index (χ1) is 9.13. The third kappa shape index (κ3) is 2.26. The van der Waals surface area contributed by atoms with E-state index < -0.39 is 11.4 Å². The second-order valence-electron chi connectivity index (χ2n) is 6.54. The molecule has 0 atom stereocenters. The number of nitrogens with zero attached hydrogens (tertiary/aromatic N) is 1. The molecule has 1 N–H and O–H groups in total. The van der Waals surface area contributed by atoms with Crippen molar-refractivity contribution in [1.82, 2.24) is 4.90 Å². The van der Waals surface area contributed by atoms with Crippen LogP contribution in [0.5, 0.6) is 0 Å². The molecular formula is C15H23NO3. The molecule has 0 bridgehead atoms. The summed E-state index contributed by atoms with van der Waals surface area (Å²) in [6.07, 6.45) is 7.92. The Hall–Kier alpha value is -1.06. The van der Waals surface area contributed by atoms with Crippen LogP contribution in [-0.2, 0) is 9.59 Å². The van der Waals surface area contributed by atoms with Crippen molar-refractivity contribution in [3.63, 3.8) is 0 Å². The Labute approximate surface area is 114 Å². The maximum atomic E-state index is 12.3. The standard InChI is InChI=1S/C15H23NO3/c17-13(11-3-1-2-4-11)16-9-5-12(6-10-16)15(7-8-15)14(18)19/h11-12H,1-10H2,(H,18,19). The average Bonchev–Trinajstić information content (AvgIpc) is 3.07. The molecule has 3 aliphatic rings. The van der Waals surface area contributed by atoms with Crippen LogP contribution >= 0.6 is 0 Å². The monoisotopic (exact) mass is 265 g/mol. The molecule has 1 amide bonds. The van der Waals surface area contributed by atoms with Crippen LogP contribution < -0.4 is 0 Å². The van der Waals surface area contributed by atoms with Gasteiger partial charge in [-0.1, -0.05) is 12.8 Å². The van der Waals surface area contributed by atoms with Crippen molar-refractivity contribution >= 4 is 11.9 Å². The zero-order valence-corrected chi connectivity index (χ0v) is 11.4. The van der Waals surface area contributed by atoms with E-state index in [9.17, 15) is 14.7 Å². The number of carbonyl (C=O) groups excluding carboxylic acids is 1. The molecule has 3 fully saturated rings. The number of carboxylic acid groups (broad SMARTS) is 1. The summed E-state index contributed by atoms with van der Waals surface area (Å²) < 4.78 is 0. The fraction of sp³-hybridized carbons (Fsp3) is 0.867. The third-order valence-electron chi connectivity index (χ3n) is 5.51. The fourth-order valence-corrected chi connectivity index (χ4v) is 4.01. The average molecular weight is 265 g/mol. The number of hydrogen-bond acceptors (Lipinski definition) is 2. The van der Waals surface area contributed by atoms with Crippen molar-refractivity contribution in [2.75, 3.05) is 13.1 Å². The lowest BCUT2D eigenvalue weighted by atomic mass is 9.81. The van der Waals surface area contributed by atoms with Crippen LogP contribution in [0, 0.1) is 17.3 Å². The molecule has 3 rings (SSSR count). The third-order valence-corrected chi connectivity index (χ3v) is 5.51. The predicted octanol–water partition coefficient (Wildman–Crippen LogP) is 2.28. The zero-order chi connectivity index (χ0) is 13.5. The second-order valence-corrected chi connectivity index (χ2v) is 6.54. The lowest BCUT2D eigenvalue weighted by molar-refractivity contribution is -0.147. The summed E-state index contributed by atoms with van der Waals surface area (Å²) in [4.78, 5) is 25.6. The first kappa shape index (κ1) is 12.9. The SMILES string of the molecule is O=C(C1CCCC1)N1CCC(C2(C(=O)O)CC2)CC1. The second kappa shape index (κ2) is 4.80. The van der Waals surface area contributed by atoms with Crippen molar-refractivity contribution in [2.24, 2.45) is 17.3 Å². The Balaban J connectivity index is 1.55. The Bertz CT molecular complexity index is 375. The molecule has 2 saturated carbocycles. The number of carboxylic acids is 1. The molecule has 1 heterocycles. The van der Waals surface area contributed by atoms with Gasteiger partial charge in [0, 0.05) is 19.0 Å². The van der Waals surface area contributed by atoms with Gasteiger partial charge in [-0.3, -0.25) is 9.59 Å². The molecule has 1 aliphatic heterocycles. The highest BCUT2D eigenvalue weighted by Crippen LogP contribution is 2.55. The van der Waals surface area contributed by atoms with Crippen LogP contribution in [0.4, 0.5) is 0 Å². The number of likely N-dealkylation sites (tertiary alicyclic amines) is 1. The van der Waals surface area contributed by atoms with E-state index in [4.69, 9.17) is 0 Å². The summed E-state index contributed by atoms with van der Waals surface area (Å²) >= 11 is 0. The van der Waals surface area contributed by atoms with Crippen LogP contribution in [0.1, 0.15) is 51.4 Å². The van der Waals surface area contributed by atoms with E-state index in [0.29, 0.717) is 5.91 Å². The highest BCUT2D eigenvalue weighted by atomic mass is 16.4. The van der Waals surface area contributed by atoms with Crippen LogP contribution in [0.25, 0.3) is 0 Å². The van der Waals surface area contributed by atoms with Crippen LogP contribution in [0.3, 0.4) is 0 Å². The molecule has 0 unspecified atom stereocenters. The summed E-state index contributed by atoms with van der Waals surface area (Å²) in [6.45, 7) is 1.55. The molecular weight excluding hydrogens is 242 g/mol.